The Morgan fingerprint density at radius 3 is 2.16 bits per heavy atom. The summed E-state index contributed by atoms with van der Waals surface area (Å²) in [6.07, 6.45) is 1.72. The number of sulfonamides is 1. The van der Waals surface area contributed by atoms with E-state index >= 15 is 0 Å². The Labute approximate surface area is 183 Å². The van der Waals surface area contributed by atoms with Crippen molar-refractivity contribution in [3.63, 3.8) is 0 Å². The van der Waals surface area contributed by atoms with Crippen LogP contribution in [0.4, 0.5) is 5.69 Å². The van der Waals surface area contributed by atoms with Crippen molar-refractivity contribution in [1.82, 2.24) is 5.32 Å². The summed E-state index contributed by atoms with van der Waals surface area (Å²) in [5, 5.41) is 2.91. The van der Waals surface area contributed by atoms with E-state index in [2.05, 4.69) is 22.2 Å². The summed E-state index contributed by atoms with van der Waals surface area (Å²) < 4.78 is 32.9. The third kappa shape index (κ3) is 7.15. The van der Waals surface area contributed by atoms with Crippen LogP contribution in [0, 0.1) is 0 Å². The van der Waals surface area contributed by atoms with E-state index in [9.17, 15) is 13.2 Å². The molecule has 0 bridgehead atoms. The highest BCUT2D eigenvalue weighted by molar-refractivity contribution is 7.92. The number of rotatable bonds is 10. The zero-order chi connectivity index (χ0) is 22.1. The van der Waals surface area contributed by atoms with E-state index in [0.29, 0.717) is 11.4 Å². The van der Waals surface area contributed by atoms with Gasteiger partial charge in [0.2, 0.25) is 0 Å². The molecule has 1 atom stereocenters. The smallest absolute Gasteiger partial charge is 0.261 e. The number of para-hydroxylation sites is 1. The van der Waals surface area contributed by atoms with E-state index in [4.69, 9.17) is 4.74 Å². The molecular weight excluding hydrogens is 412 g/mol. The zero-order valence-corrected chi connectivity index (χ0v) is 18.1. The first-order valence-corrected chi connectivity index (χ1v) is 11.5. The van der Waals surface area contributed by atoms with Crippen LogP contribution in [-0.4, -0.2) is 27.0 Å². The number of anilines is 1. The van der Waals surface area contributed by atoms with Gasteiger partial charge in [-0.15, -0.1) is 0 Å². The Hall–Kier alpha value is -3.32. The average Bonchev–Trinajstić information content (AvgIpc) is 2.78. The summed E-state index contributed by atoms with van der Waals surface area (Å²) in [4.78, 5) is 12.2. The molecule has 31 heavy (non-hydrogen) atoms. The lowest BCUT2D eigenvalue weighted by Crippen LogP contribution is -2.36. The molecule has 0 fully saturated rings. The Morgan fingerprint density at radius 1 is 0.903 bits per heavy atom. The van der Waals surface area contributed by atoms with Crippen molar-refractivity contribution in [2.24, 2.45) is 0 Å². The van der Waals surface area contributed by atoms with E-state index in [1.807, 2.05) is 31.2 Å². The van der Waals surface area contributed by atoms with Gasteiger partial charge in [0.25, 0.3) is 15.9 Å². The number of carbonyl (C=O) groups is 1. The number of hydrogen-bond donors (Lipinski definition) is 2. The van der Waals surface area contributed by atoms with Gasteiger partial charge in [-0.2, -0.15) is 0 Å². The first-order chi connectivity index (χ1) is 14.9. The molecule has 0 aliphatic heterocycles. The molecule has 0 saturated heterocycles. The highest BCUT2D eigenvalue weighted by Crippen LogP contribution is 2.19. The van der Waals surface area contributed by atoms with Gasteiger partial charge in [-0.1, -0.05) is 48.5 Å². The fraction of sp³-hybridized carbons (Fsp3) is 0.208. The number of amides is 1. The van der Waals surface area contributed by atoms with Gasteiger partial charge in [0.15, 0.2) is 6.61 Å². The molecular formula is C24H26N2O4S. The summed E-state index contributed by atoms with van der Waals surface area (Å²) in [7, 11) is -3.69. The normalized spacial score (nSPS) is 12.0. The van der Waals surface area contributed by atoms with Crippen LogP contribution in [0.15, 0.2) is 89.8 Å². The van der Waals surface area contributed by atoms with Crippen LogP contribution in [0.3, 0.4) is 0 Å². The lowest BCUT2D eigenvalue weighted by molar-refractivity contribution is -0.123. The molecule has 0 aromatic heterocycles. The van der Waals surface area contributed by atoms with Crippen LogP contribution in [0.25, 0.3) is 0 Å². The molecule has 0 saturated carbocycles. The molecule has 3 aromatic carbocycles. The number of nitrogens with one attached hydrogen (secondary N) is 2. The van der Waals surface area contributed by atoms with Gasteiger partial charge in [-0.3, -0.25) is 9.52 Å². The topological polar surface area (TPSA) is 84.5 Å². The van der Waals surface area contributed by atoms with Crippen LogP contribution in [0.5, 0.6) is 5.75 Å². The Morgan fingerprint density at radius 2 is 1.52 bits per heavy atom. The fourth-order valence-electron chi connectivity index (χ4n) is 3.00. The van der Waals surface area contributed by atoms with Gasteiger partial charge >= 0.3 is 0 Å². The van der Waals surface area contributed by atoms with E-state index in [1.165, 1.54) is 29.8 Å². The third-order valence-electron chi connectivity index (χ3n) is 4.65. The largest absolute Gasteiger partial charge is 0.484 e. The van der Waals surface area contributed by atoms with Crippen LogP contribution >= 0.6 is 0 Å². The summed E-state index contributed by atoms with van der Waals surface area (Å²) in [6.45, 7) is 1.82. The maximum absolute atomic E-state index is 12.4. The highest BCUT2D eigenvalue weighted by Gasteiger charge is 2.14. The van der Waals surface area contributed by atoms with Crippen molar-refractivity contribution in [1.29, 1.82) is 0 Å². The molecule has 0 radical (unpaired) electrons. The van der Waals surface area contributed by atoms with E-state index in [-0.39, 0.29) is 23.5 Å². The predicted molar refractivity (Wildman–Crippen MR) is 122 cm³/mol. The number of carbonyl (C=O) groups excluding carboxylic acids is 1. The minimum absolute atomic E-state index is 0.0212. The maximum Gasteiger partial charge on any atom is 0.261 e. The molecule has 1 amide bonds. The summed E-state index contributed by atoms with van der Waals surface area (Å²) in [5.74, 6) is 0.203. The molecule has 3 rings (SSSR count). The molecule has 6 nitrogen and oxygen atoms in total. The van der Waals surface area contributed by atoms with Gasteiger partial charge in [-0.25, -0.2) is 8.42 Å². The Bertz CT molecular complexity index is 1070. The third-order valence-corrected chi connectivity index (χ3v) is 6.04. The number of benzene rings is 3. The molecule has 0 unspecified atom stereocenters. The highest BCUT2D eigenvalue weighted by atomic mass is 32.2. The average molecular weight is 439 g/mol. The van der Waals surface area contributed by atoms with E-state index < -0.39 is 10.0 Å². The molecule has 3 aromatic rings. The second-order valence-electron chi connectivity index (χ2n) is 7.22. The minimum Gasteiger partial charge on any atom is -0.484 e. The van der Waals surface area contributed by atoms with Crippen LogP contribution in [0.1, 0.15) is 18.9 Å². The monoisotopic (exact) mass is 438 g/mol. The standard InChI is InChI=1S/C24H26N2O4S/c1-19(12-13-20-8-4-2-5-9-20)25-24(27)18-30-22-14-16-23(17-15-22)31(28,29)26-21-10-6-3-7-11-21/h2-11,14-17,19,26H,12-13,18H2,1H3,(H,25,27)/t19-/m0/s1. The van der Waals surface area contributed by atoms with Crippen molar-refractivity contribution in [3.8, 4) is 5.75 Å². The minimum atomic E-state index is -3.69. The van der Waals surface area contributed by atoms with Crippen molar-refractivity contribution in [2.45, 2.75) is 30.7 Å². The molecule has 0 aliphatic rings. The Balaban J connectivity index is 1.45. The van der Waals surface area contributed by atoms with Crippen molar-refractivity contribution in [3.05, 3.63) is 90.5 Å². The molecule has 0 spiro atoms. The van der Waals surface area contributed by atoms with Gasteiger partial charge < -0.3 is 10.1 Å². The molecule has 2 N–H and O–H groups in total. The van der Waals surface area contributed by atoms with Gasteiger partial charge in [0.1, 0.15) is 5.75 Å². The number of ether oxygens (including phenoxy) is 1. The predicted octanol–water partition coefficient (Wildman–Crippen LogP) is 4.00. The van der Waals surface area contributed by atoms with Crippen LogP contribution in [0.2, 0.25) is 0 Å². The first kappa shape index (κ1) is 22.4. The zero-order valence-electron chi connectivity index (χ0n) is 17.3. The van der Waals surface area contributed by atoms with Crippen LogP contribution < -0.4 is 14.8 Å². The Kier molecular flexibility index (Phi) is 7.67. The fourth-order valence-corrected chi connectivity index (χ4v) is 4.06. The lowest BCUT2D eigenvalue weighted by Gasteiger charge is -2.14. The quantitative estimate of drug-likeness (QED) is 0.501. The van der Waals surface area contributed by atoms with Crippen LogP contribution in [-0.2, 0) is 21.2 Å². The summed E-state index contributed by atoms with van der Waals surface area (Å²) in [6, 6.07) is 24.8. The maximum atomic E-state index is 12.4. The van der Waals surface area contributed by atoms with Crippen molar-refractivity contribution >= 4 is 21.6 Å². The summed E-state index contributed by atoms with van der Waals surface area (Å²) in [5.41, 5.74) is 1.72. The second kappa shape index (κ2) is 10.6. The van der Waals surface area contributed by atoms with Gasteiger partial charge in [0.05, 0.1) is 4.90 Å². The molecule has 162 valence electrons. The van der Waals surface area contributed by atoms with Crippen molar-refractivity contribution < 1.29 is 17.9 Å². The van der Waals surface area contributed by atoms with Gasteiger partial charge in [-0.05, 0) is 61.7 Å². The lowest BCUT2D eigenvalue weighted by atomic mass is 10.1. The summed E-state index contributed by atoms with van der Waals surface area (Å²) >= 11 is 0. The SMILES string of the molecule is C[C@@H](CCc1ccccc1)NC(=O)COc1ccc(S(=O)(=O)Nc2ccccc2)cc1. The first-order valence-electron chi connectivity index (χ1n) is 10.1. The molecule has 0 aliphatic carbocycles. The molecule has 0 heterocycles. The number of aryl methyl sites for hydroxylation is 1. The second-order valence-corrected chi connectivity index (χ2v) is 8.91. The van der Waals surface area contributed by atoms with E-state index in [0.717, 1.165) is 12.8 Å². The number of hydrogen-bond acceptors (Lipinski definition) is 4. The van der Waals surface area contributed by atoms with Gasteiger partial charge in [0, 0.05) is 11.7 Å². The van der Waals surface area contributed by atoms with E-state index in [1.54, 1.807) is 24.3 Å². The molecule has 7 heteroatoms. The van der Waals surface area contributed by atoms with Crippen molar-refractivity contribution in [2.75, 3.05) is 11.3 Å².